The van der Waals surface area contributed by atoms with E-state index >= 15 is 0 Å². The predicted octanol–water partition coefficient (Wildman–Crippen LogP) is 1.90. The van der Waals surface area contributed by atoms with E-state index in [0.29, 0.717) is 24.2 Å². The summed E-state index contributed by atoms with van der Waals surface area (Å²) >= 11 is 0. The van der Waals surface area contributed by atoms with Gasteiger partial charge >= 0.3 is 5.69 Å². The zero-order valence-corrected chi connectivity index (χ0v) is 9.99. The molecule has 1 atom stereocenters. The normalized spacial score (nSPS) is 20.4. The van der Waals surface area contributed by atoms with Gasteiger partial charge in [0.25, 0.3) is 0 Å². The van der Waals surface area contributed by atoms with Gasteiger partial charge in [-0.2, -0.15) is 0 Å². The number of halogens is 1. The minimum absolute atomic E-state index is 0.249. The first-order valence-electron chi connectivity index (χ1n) is 6.20. The number of benzene rings is 1. The highest BCUT2D eigenvalue weighted by molar-refractivity contribution is 5.75. The maximum Gasteiger partial charge on any atom is 0.326 e. The maximum absolute atomic E-state index is 13.8. The lowest BCUT2D eigenvalue weighted by Gasteiger charge is -2.22. The van der Waals surface area contributed by atoms with E-state index in [2.05, 4.69) is 4.98 Å². The topological polar surface area (TPSA) is 47.0 Å². The number of hydrogen-bond acceptors (Lipinski definition) is 2. The molecule has 0 bridgehead atoms. The van der Waals surface area contributed by atoms with Gasteiger partial charge in [-0.1, -0.05) is 6.07 Å². The quantitative estimate of drug-likeness (QED) is 0.884. The third-order valence-electron chi connectivity index (χ3n) is 3.44. The second kappa shape index (κ2) is 4.57. The van der Waals surface area contributed by atoms with Crippen LogP contribution in [0.3, 0.4) is 0 Å². The van der Waals surface area contributed by atoms with E-state index in [1.54, 1.807) is 12.1 Å². The standard InChI is InChI=1S/C13H15FN2O2/c14-10-4-1-5-11-12(10)16(13(17)15-11)7-9-3-2-6-18-8-9/h1,4-5,9H,2-3,6-8H2,(H,15,17). The number of aromatic nitrogens is 2. The second-order valence-corrected chi connectivity index (χ2v) is 4.76. The first-order chi connectivity index (χ1) is 8.75. The van der Waals surface area contributed by atoms with E-state index in [-0.39, 0.29) is 17.4 Å². The van der Waals surface area contributed by atoms with Crippen molar-refractivity contribution in [2.75, 3.05) is 13.2 Å². The molecule has 1 aliphatic rings. The highest BCUT2D eigenvalue weighted by Gasteiger charge is 2.18. The summed E-state index contributed by atoms with van der Waals surface area (Å²) in [6.07, 6.45) is 2.03. The van der Waals surface area contributed by atoms with Gasteiger partial charge in [-0.15, -0.1) is 0 Å². The maximum atomic E-state index is 13.8. The highest BCUT2D eigenvalue weighted by atomic mass is 19.1. The molecule has 1 aliphatic heterocycles. The number of H-pyrrole nitrogens is 1. The van der Waals surface area contributed by atoms with Crippen molar-refractivity contribution in [2.45, 2.75) is 19.4 Å². The summed E-state index contributed by atoms with van der Waals surface area (Å²) in [6, 6.07) is 4.69. The van der Waals surface area contributed by atoms with Crippen molar-refractivity contribution in [1.29, 1.82) is 0 Å². The van der Waals surface area contributed by atoms with Crippen LogP contribution in [0.4, 0.5) is 4.39 Å². The molecule has 0 aliphatic carbocycles. The molecule has 4 nitrogen and oxygen atoms in total. The summed E-state index contributed by atoms with van der Waals surface area (Å²) in [5.74, 6) is -0.0716. The number of imidazole rings is 1. The van der Waals surface area contributed by atoms with E-state index < -0.39 is 0 Å². The Hall–Kier alpha value is -1.62. The molecule has 0 amide bonds. The molecule has 2 aromatic rings. The highest BCUT2D eigenvalue weighted by Crippen LogP contribution is 2.19. The Morgan fingerprint density at radius 1 is 1.50 bits per heavy atom. The number of rotatable bonds is 2. The fourth-order valence-electron chi connectivity index (χ4n) is 2.56. The summed E-state index contributed by atoms with van der Waals surface area (Å²) in [4.78, 5) is 14.5. The average Bonchev–Trinajstić information content (AvgIpc) is 2.69. The minimum atomic E-state index is -0.359. The SMILES string of the molecule is O=c1[nH]c2cccc(F)c2n1CC1CCCOC1. The molecule has 0 saturated carbocycles. The molecule has 1 unspecified atom stereocenters. The van der Waals surface area contributed by atoms with E-state index in [9.17, 15) is 9.18 Å². The van der Waals surface area contributed by atoms with Gasteiger partial charge in [-0.25, -0.2) is 9.18 Å². The summed E-state index contributed by atoms with van der Waals surface area (Å²) in [7, 11) is 0. The molecule has 1 aromatic carbocycles. The van der Waals surface area contributed by atoms with Crippen molar-refractivity contribution >= 4 is 11.0 Å². The van der Waals surface area contributed by atoms with Gasteiger partial charge in [0.2, 0.25) is 0 Å². The van der Waals surface area contributed by atoms with Crippen molar-refractivity contribution in [2.24, 2.45) is 5.92 Å². The molecule has 1 N–H and O–H groups in total. The number of nitrogens with one attached hydrogen (secondary N) is 1. The third kappa shape index (κ3) is 1.95. The van der Waals surface area contributed by atoms with E-state index in [4.69, 9.17) is 4.74 Å². The molecule has 0 radical (unpaired) electrons. The third-order valence-corrected chi connectivity index (χ3v) is 3.44. The molecule has 3 rings (SSSR count). The van der Waals surface area contributed by atoms with Crippen molar-refractivity contribution in [3.8, 4) is 0 Å². The largest absolute Gasteiger partial charge is 0.381 e. The molecule has 1 aromatic heterocycles. The zero-order valence-electron chi connectivity index (χ0n) is 9.99. The van der Waals surface area contributed by atoms with Crippen molar-refractivity contribution < 1.29 is 9.13 Å². The monoisotopic (exact) mass is 250 g/mol. The minimum Gasteiger partial charge on any atom is -0.381 e. The van der Waals surface area contributed by atoms with Crippen LogP contribution in [0.25, 0.3) is 11.0 Å². The van der Waals surface area contributed by atoms with Crippen LogP contribution >= 0.6 is 0 Å². The van der Waals surface area contributed by atoms with Crippen LogP contribution in [-0.2, 0) is 11.3 Å². The van der Waals surface area contributed by atoms with Crippen LogP contribution in [0, 0.1) is 11.7 Å². The summed E-state index contributed by atoms with van der Waals surface area (Å²) < 4.78 is 20.7. The molecule has 5 heteroatoms. The predicted molar refractivity (Wildman–Crippen MR) is 66.1 cm³/mol. The van der Waals surface area contributed by atoms with Crippen molar-refractivity contribution in [1.82, 2.24) is 9.55 Å². The Labute approximate surface area is 103 Å². The Morgan fingerprint density at radius 3 is 3.17 bits per heavy atom. The van der Waals surface area contributed by atoms with Crippen molar-refractivity contribution in [3.63, 3.8) is 0 Å². The fourth-order valence-corrected chi connectivity index (χ4v) is 2.56. The van der Waals surface area contributed by atoms with Gasteiger partial charge in [0.05, 0.1) is 12.1 Å². The summed E-state index contributed by atoms with van der Waals surface area (Å²) in [6.45, 7) is 1.95. The van der Waals surface area contributed by atoms with Crippen LogP contribution in [0.1, 0.15) is 12.8 Å². The smallest absolute Gasteiger partial charge is 0.326 e. The summed E-state index contributed by atoms with van der Waals surface area (Å²) in [5.41, 5.74) is 0.672. The van der Waals surface area contributed by atoms with Crippen molar-refractivity contribution in [3.05, 3.63) is 34.5 Å². The number of para-hydroxylation sites is 1. The lowest BCUT2D eigenvalue weighted by atomic mass is 10.0. The lowest BCUT2D eigenvalue weighted by molar-refractivity contribution is 0.0484. The molecule has 18 heavy (non-hydrogen) atoms. The Kier molecular flexibility index (Phi) is 2.91. The Bertz CT molecular complexity index is 611. The number of fused-ring (bicyclic) bond motifs is 1. The molecule has 96 valence electrons. The molecule has 1 fully saturated rings. The summed E-state index contributed by atoms with van der Waals surface area (Å²) in [5, 5.41) is 0. The van der Waals surface area contributed by atoms with Gasteiger partial charge in [0.1, 0.15) is 11.3 Å². The number of nitrogens with zero attached hydrogens (tertiary/aromatic N) is 1. The number of ether oxygens (including phenoxy) is 1. The molecule has 2 heterocycles. The lowest BCUT2D eigenvalue weighted by Crippen LogP contribution is -2.27. The van der Waals surface area contributed by atoms with E-state index in [1.807, 2.05) is 0 Å². The van der Waals surface area contributed by atoms with E-state index in [1.165, 1.54) is 10.6 Å². The average molecular weight is 250 g/mol. The van der Waals surface area contributed by atoms with Gasteiger partial charge in [-0.05, 0) is 25.0 Å². The second-order valence-electron chi connectivity index (χ2n) is 4.76. The fraction of sp³-hybridized carbons (Fsp3) is 0.462. The van der Waals surface area contributed by atoms with Crippen LogP contribution in [-0.4, -0.2) is 22.8 Å². The zero-order chi connectivity index (χ0) is 12.5. The van der Waals surface area contributed by atoms with Crippen LogP contribution in [0.15, 0.2) is 23.0 Å². The first-order valence-corrected chi connectivity index (χ1v) is 6.20. The number of hydrogen-bond donors (Lipinski definition) is 1. The van der Waals surface area contributed by atoms with Gasteiger partial charge in [0, 0.05) is 19.1 Å². The molecule has 1 saturated heterocycles. The van der Waals surface area contributed by atoms with Gasteiger partial charge in [0.15, 0.2) is 0 Å². The molecular weight excluding hydrogens is 235 g/mol. The van der Waals surface area contributed by atoms with Crippen LogP contribution in [0.2, 0.25) is 0 Å². The van der Waals surface area contributed by atoms with Gasteiger partial charge < -0.3 is 9.72 Å². The Morgan fingerprint density at radius 2 is 2.39 bits per heavy atom. The van der Waals surface area contributed by atoms with Gasteiger partial charge in [-0.3, -0.25) is 4.57 Å². The number of aromatic amines is 1. The van der Waals surface area contributed by atoms with Crippen LogP contribution in [0.5, 0.6) is 0 Å². The molecular formula is C13H15FN2O2. The van der Waals surface area contributed by atoms with E-state index in [0.717, 1.165) is 19.4 Å². The van der Waals surface area contributed by atoms with Crippen LogP contribution < -0.4 is 5.69 Å². The Balaban J connectivity index is 2.00. The molecule has 0 spiro atoms. The first kappa shape index (κ1) is 11.5.